The van der Waals surface area contributed by atoms with Crippen LogP contribution in [0.3, 0.4) is 0 Å². The lowest BCUT2D eigenvalue weighted by Gasteiger charge is -2.20. The predicted molar refractivity (Wildman–Crippen MR) is 343 cm³/mol. The van der Waals surface area contributed by atoms with Crippen LogP contribution in [-0.4, -0.2) is 47.4 Å². The molecule has 6 nitrogen and oxygen atoms in total. The van der Waals surface area contributed by atoms with Crippen molar-refractivity contribution in [1.29, 1.82) is 0 Å². The zero-order chi connectivity index (χ0) is 56.4. The van der Waals surface area contributed by atoms with Crippen molar-refractivity contribution in [2.75, 3.05) is 13.2 Å². The van der Waals surface area contributed by atoms with Crippen LogP contribution in [0.4, 0.5) is 0 Å². The number of unbranched alkanes of at least 4 members (excludes halogenated alkanes) is 51. The molecule has 0 aliphatic heterocycles. The van der Waals surface area contributed by atoms with E-state index < -0.39 is 12.1 Å². The second kappa shape index (κ2) is 67.6. The van der Waals surface area contributed by atoms with Crippen LogP contribution >= 0.6 is 0 Å². The molecule has 0 heterocycles. The van der Waals surface area contributed by atoms with Gasteiger partial charge >= 0.3 is 5.97 Å². The molecule has 0 rings (SSSR count). The molecule has 0 bridgehead atoms. The fraction of sp³-hybridized carbons (Fsp3) is 0.889. The fourth-order valence-electron chi connectivity index (χ4n) is 11.0. The summed E-state index contributed by atoms with van der Waals surface area (Å²) in [5, 5.41) is 23.1. The quantitative estimate of drug-likeness (QED) is 0.0320. The molecule has 1 amide bonds. The SMILES string of the molecule is CCCCCCCCCCCCC/C=C/C(O)C(CO)NC(=O)CCCCCCCCCCCCCCCCC/C=C\C/C=C\CCCCCCCCCCCOC(=O)CCCCCCCCCCCCCCCCCCC. The van der Waals surface area contributed by atoms with Crippen LogP contribution in [-0.2, 0) is 14.3 Å². The Morgan fingerprint density at radius 3 is 0.974 bits per heavy atom. The van der Waals surface area contributed by atoms with Crippen molar-refractivity contribution in [3.05, 3.63) is 36.5 Å². The van der Waals surface area contributed by atoms with Crippen LogP contribution in [0.1, 0.15) is 386 Å². The fourth-order valence-corrected chi connectivity index (χ4v) is 11.0. The summed E-state index contributed by atoms with van der Waals surface area (Å²) in [4.78, 5) is 24.6. The molecule has 0 aromatic rings. The first kappa shape index (κ1) is 76.1. The van der Waals surface area contributed by atoms with Gasteiger partial charge in [-0.1, -0.05) is 346 Å². The third kappa shape index (κ3) is 63.3. The highest BCUT2D eigenvalue weighted by molar-refractivity contribution is 5.76. The molecule has 0 aliphatic carbocycles. The number of hydrogen-bond acceptors (Lipinski definition) is 5. The first-order valence-electron chi connectivity index (χ1n) is 35.3. The maximum absolute atomic E-state index is 12.5. The highest BCUT2D eigenvalue weighted by atomic mass is 16.5. The molecule has 0 saturated heterocycles. The monoisotopic (exact) mass is 1100 g/mol. The number of carbonyl (C=O) groups is 2. The van der Waals surface area contributed by atoms with E-state index in [1.165, 1.54) is 315 Å². The number of nitrogens with one attached hydrogen (secondary N) is 1. The van der Waals surface area contributed by atoms with Crippen molar-refractivity contribution in [3.8, 4) is 0 Å². The molecular weight excluding hydrogens is 959 g/mol. The zero-order valence-corrected chi connectivity index (χ0v) is 52.7. The lowest BCUT2D eigenvalue weighted by Crippen LogP contribution is -2.45. The first-order chi connectivity index (χ1) is 38.5. The normalized spacial score (nSPS) is 12.7. The number of carbonyl (C=O) groups excluding carboxylic acids is 2. The van der Waals surface area contributed by atoms with Gasteiger partial charge in [0, 0.05) is 12.8 Å². The number of ether oxygens (including phenoxy) is 1. The van der Waals surface area contributed by atoms with Gasteiger partial charge in [0.1, 0.15) is 0 Å². The first-order valence-corrected chi connectivity index (χ1v) is 35.3. The molecule has 78 heavy (non-hydrogen) atoms. The Balaban J connectivity index is 3.38. The van der Waals surface area contributed by atoms with E-state index in [2.05, 4.69) is 43.5 Å². The van der Waals surface area contributed by atoms with Crippen molar-refractivity contribution in [2.24, 2.45) is 0 Å². The van der Waals surface area contributed by atoms with Gasteiger partial charge in [0.15, 0.2) is 0 Å². The van der Waals surface area contributed by atoms with Crippen molar-refractivity contribution in [1.82, 2.24) is 5.32 Å². The van der Waals surface area contributed by atoms with E-state index in [9.17, 15) is 19.8 Å². The van der Waals surface area contributed by atoms with Crippen molar-refractivity contribution >= 4 is 11.9 Å². The van der Waals surface area contributed by atoms with Gasteiger partial charge in [-0.3, -0.25) is 9.59 Å². The van der Waals surface area contributed by atoms with Crippen molar-refractivity contribution in [2.45, 2.75) is 398 Å². The molecule has 0 radical (unpaired) electrons. The molecule has 2 unspecified atom stereocenters. The summed E-state index contributed by atoms with van der Waals surface area (Å²) in [6, 6.07) is -0.627. The number of allylic oxidation sites excluding steroid dienone is 5. The van der Waals surface area contributed by atoms with Crippen molar-refractivity contribution in [3.63, 3.8) is 0 Å². The molecule has 0 fully saturated rings. The summed E-state index contributed by atoms with van der Waals surface area (Å²) in [5.74, 6) is -0.0491. The van der Waals surface area contributed by atoms with E-state index in [0.29, 0.717) is 19.4 Å². The standard InChI is InChI=1S/C72H137NO5/c1-3-5-7-9-11-13-15-17-18-34-38-42-46-50-54-58-62-66-72(77)78-67-63-59-55-51-47-43-39-36-33-31-29-27-25-23-21-19-20-22-24-26-28-30-32-35-37-41-45-49-53-57-61-65-71(76)73-69(68-74)70(75)64-60-56-52-48-44-40-16-14-12-10-8-6-4-2/h21,23,27,29,60,64,69-70,74-75H,3-20,22,24-26,28,30-59,61-63,65-68H2,1-2H3,(H,73,76)/b23-21-,29-27-,64-60+. The summed E-state index contributed by atoms with van der Waals surface area (Å²) >= 11 is 0. The van der Waals surface area contributed by atoms with Crippen LogP contribution in [0.2, 0.25) is 0 Å². The van der Waals surface area contributed by atoms with Crippen LogP contribution in [0.5, 0.6) is 0 Å². The Morgan fingerprint density at radius 2 is 0.641 bits per heavy atom. The van der Waals surface area contributed by atoms with E-state index in [0.717, 1.165) is 44.9 Å². The largest absolute Gasteiger partial charge is 0.466 e. The van der Waals surface area contributed by atoms with Gasteiger partial charge in [-0.05, 0) is 64.2 Å². The smallest absolute Gasteiger partial charge is 0.305 e. The minimum atomic E-state index is -0.843. The summed E-state index contributed by atoms with van der Waals surface area (Å²) in [7, 11) is 0. The van der Waals surface area contributed by atoms with Gasteiger partial charge in [0.25, 0.3) is 0 Å². The number of rotatable bonds is 66. The van der Waals surface area contributed by atoms with Crippen molar-refractivity contribution < 1.29 is 24.5 Å². The number of amides is 1. The third-order valence-corrected chi connectivity index (χ3v) is 16.4. The lowest BCUT2D eigenvalue weighted by atomic mass is 10.0. The van der Waals surface area contributed by atoms with Crippen LogP contribution in [0.15, 0.2) is 36.5 Å². The van der Waals surface area contributed by atoms with Gasteiger partial charge in [-0.2, -0.15) is 0 Å². The van der Waals surface area contributed by atoms with E-state index in [-0.39, 0.29) is 18.5 Å². The minimum absolute atomic E-state index is 0.0172. The third-order valence-electron chi connectivity index (χ3n) is 16.4. The van der Waals surface area contributed by atoms with Crippen LogP contribution in [0, 0.1) is 0 Å². The van der Waals surface area contributed by atoms with Gasteiger partial charge in [-0.15, -0.1) is 0 Å². The number of aliphatic hydroxyl groups is 2. The average molecular weight is 1100 g/mol. The second-order valence-corrected chi connectivity index (χ2v) is 24.2. The molecule has 0 saturated carbocycles. The van der Waals surface area contributed by atoms with Gasteiger partial charge in [0.2, 0.25) is 5.91 Å². The molecular formula is C72H137NO5. The Labute approximate surface area is 487 Å². The molecule has 2 atom stereocenters. The Bertz CT molecular complexity index is 1260. The second-order valence-electron chi connectivity index (χ2n) is 24.2. The molecule has 0 aromatic carbocycles. The molecule has 460 valence electrons. The maximum Gasteiger partial charge on any atom is 0.305 e. The highest BCUT2D eigenvalue weighted by Crippen LogP contribution is 2.18. The average Bonchev–Trinajstić information content (AvgIpc) is 3.44. The Kier molecular flexibility index (Phi) is 65.9. The van der Waals surface area contributed by atoms with E-state index >= 15 is 0 Å². The highest BCUT2D eigenvalue weighted by Gasteiger charge is 2.18. The van der Waals surface area contributed by atoms with Gasteiger partial charge in [-0.25, -0.2) is 0 Å². The summed E-state index contributed by atoms with van der Waals surface area (Å²) < 4.78 is 5.50. The van der Waals surface area contributed by atoms with E-state index in [1.54, 1.807) is 6.08 Å². The summed E-state index contributed by atoms with van der Waals surface area (Å²) in [6.07, 6.45) is 86.6. The zero-order valence-electron chi connectivity index (χ0n) is 52.7. The van der Waals surface area contributed by atoms with E-state index in [4.69, 9.17) is 4.74 Å². The Morgan fingerprint density at radius 1 is 0.359 bits per heavy atom. The minimum Gasteiger partial charge on any atom is -0.466 e. The summed E-state index contributed by atoms with van der Waals surface area (Å²) in [6.45, 7) is 4.93. The molecule has 0 aromatic heterocycles. The maximum atomic E-state index is 12.5. The summed E-state index contributed by atoms with van der Waals surface area (Å²) in [5.41, 5.74) is 0. The topological polar surface area (TPSA) is 95.9 Å². The predicted octanol–water partition coefficient (Wildman–Crippen LogP) is 22.7. The van der Waals surface area contributed by atoms with E-state index in [1.807, 2.05) is 6.08 Å². The molecule has 3 N–H and O–H groups in total. The molecule has 0 aliphatic rings. The Hall–Kier alpha value is -1.92. The number of esters is 1. The van der Waals surface area contributed by atoms with Gasteiger partial charge in [0.05, 0.1) is 25.4 Å². The van der Waals surface area contributed by atoms with Crippen LogP contribution < -0.4 is 5.32 Å². The lowest BCUT2D eigenvalue weighted by molar-refractivity contribution is -0.143. The molecule has 6 heteroatoms. The number of hydrogen-bond donors (Lipinski definition) is 3. The molecule has 0 spiro atoms. The number of aliphatic hydroxyl groups excluding tert-OH is 2. The van der Waals surface area contributed by atoms with Gasteiger partial charge < -0.3 is 20.3 Å². The van der Waals surface area contributed by atoms with Crippen LogP contribution in [0.25, 0.3) is 0 Å².